The number of fused-ring (bicyclic) bond motifs is 1. The quantitative estimate of drug-likeness (QED) is 0.860. The third-order valence-corrected chi connectivity index (χ3v) is 6.40. The van der Waals surface area contributed by atoms with Gasteiger partial charge in [0, 0.05) is 31.7 Å². The van der Waals surface area contributed by atoms with E-state index in [4.69, 9.17) is 5.11 Å². The van der Waals surface area contributed by atoms with Crippen molar-refractivity contribution in [2.24, 2.45) is 0 Å². The average molecular weight is 352 g/mol. The average Bonchev–Trinajstić information content (AvgIpc) is 3.21. The Morgan fingerprint density at radius 3 is 2.46 bits per heavy atom. The van der Waals surface area contributed by atoms with Crippen LogP contribution in [0.2, 0.25) is 0 Å². The van der Waals surface area contributed by atoms with Gasteiger partial charge >= 0.3 is 5.97 Å². The molecule has 0 unspecified atom stereocenters. The highest BCUT2D eigenvalue weighted by atomic mass is 32.2. The second-order valence-corrected chi connectivity index (χ2v) is 8.03. The van der Waals surface area contributed by atoms with Crippen LogP contribution >= 0.6 is 0 Å². The van der Waals surface area contributed by atoms with Crippen molar-refractivity contribution in [3.05, 3.63) is 23.8 Å². The maximum atomic E-state index is 12.6. The SMILES string of the molecule is O=C(O)CCC(=O)N1CCc2cc(S(=O)(=O)N3CCCC3)ccc21. The Morgan fingerprint density at radius 2 is 1.79 bits per heavy atom. The number of nitrogens with zero attached hydrogens (tertiary/aromatic N) is 2. The highest BCUT2D eigenvalue weighted by molar-refractivity contribution is 7.89. The van der Waals surface area contributed by atoms with E-state index in [1.807, 2.05) is 0 Å². The predicted octanol–water partition coefficient (Wildman–Crippen LogP) is 1.22. The summed E-state index contributed by atoms with van der Waals surface area (Å²) in [7, 11) is -3.47. The van der Waals surface area contributed by atoms with Crippen LogP contribution in [-0.4, -0.2) is 49.3 Å². The van der Waals surface area contributed by atoms with Crippen molar-refractivity contribution in [3.63, 3.8) is 0 Å². The number of anilines is 1. The molecule has 0 saturated carbocycles. The zero-order valence-electron chi connectivity index (χ0n) is 13.3. The summed E-state index contributed by atoms with van der Waals surface area (Å²) >= 11 is 0. The number of amides is 1. The summed E-state index contributed by atoms with van der Waals surface area (Å²) in [5.74, 6) is -1.25. The molecule has 0 aromatic heterocycles. The lowest BCUT2D eigenvalue weighted by Crippen LogP contribution is -2.29. The molecule has 0 atom stereocenters. The van der Waals surface area contributed by atoms with Crippen molar-refractivity contribution >= 4 is 27.6 Å². The van der Waals surface area contributed by atoms with Gasteiger partial charge in [-0.3, -0.25) is 9.59 Å². The first-order chi connectivity index (χ1) is 11.4. The fourth-order valence-corrected chi connectivity index (χ4v) is 4.79. The first kappa shape index (κ1) is 16.9. The van der Waals surface area contributed by atoms with Crippen molar-refractivity contribution in [2.75, 3.05) is 24.5 Å². The Hall–Kier alpha value is -1.93. The molecular weight excluding hydrogens is 332 g/mol. The Balaban J connectivity index is 1.80. The van der Waals surface area contributed by atoms with Crippen molar-refractivity contribution in [2.45, 2.75) is 37.0 Å². The van der Waals surface area contributed by atoms with Crippen LogP contribution in [-0.2, 0) is 26.0 Å². The van der Waals surface area contributed by atoms with Crippen LogP contribution in [0, 0.1) is 0 Å². The summed E-state index contributed by atoms with van der Waals surface area (Å²) in [4.78, 5) is 24.6. The van der Waals surface area contributed by atoms with Crippen LogP contribution in [0.3, 0.4) is 0 Å². The van der Waals surface area contributed by atoms with Crippen molar-refractivity contribution in [1.82, 2.24) is 4.31 Å². The molecule has 1 aromatic rings. The summed E-state index contributed by atoms with van der Waals surface area (Å²) < 4.78 is 26.7. The Bertz CT molecular complexity index is 769. The van der Waals surface area contributed by atoms with E-state index in [0.717, 1.165) is 18.4 Å². The molecule has 0 spiro atoms. The first-order valence-electron chi connectivity index (χ1n) is 8.05. The molecule has 24 heavy (non-hydrogen) atoms. The van der Waals surface area contributed by atoms with Gasteiger partial charge in [0.15, 0.2) is 0 Å². The van der Waals surface area contributed by atoms with Gasteiger partial charge in [-0.2, -0.15) is 4.31 Å². The molecule has 3 rings (SSSR count). The van der Waals surface area contributed by atoms with E-state index in [1.165, 1.54) is 10.4 Å². The van der Waals surface area contributed by atoms with Gasteiger partial charge in [-0.25, -0.2) is 8.42 Å². The second-order valence-electron chi connectivity index (χ2n) is 6.09. The Morgan fingerprint density at radius 1 is 1.08 bits per heavy atom. The van der Waals surface area contributed by atoms with Gasteiger partial charge in [0.25, 0.3) is 0 Å². The van der Waals surface area contributed by atoms with Crippen LogP contribution in [0.5, 0.6) is 0 Å². The highest BCUT2D eigenvalue weighted by Crippen LogP contribution is 2.32. The van der Waals surface area contributed by atoms with Crippen LogP contribution in [0.1, 0.15) is 31.2 Å². The van der Waals surface area contributed by atoms with E-state index in [0.29, 0.717) is 31.7 Å². The Labute approximate surface area is 140 Å². The summed E-state index contributed by atoms with van der Waals surface area (Å²) in [5.41, 5.74) is 1.50. The minimum atomic E-state index is -3.47. The lowest BCUT2D eigenvalue weighted by atomic mass is 10.2. The van der Waals surface area contributed by atoms with Crippen LogP contribution in [0.15, 0.2) is 23.1 Å². The zero-order valence-corrected chi connectivity index (χ0v) is 14.1. The van der Waals surface area contributed by atoms with E-state index in [-0.39, 0.29) is 23.6 Å². The van der Waals surface area contributed by atoms with Gasteiger partial charge in [-0.1, -0.05) is 0 Å². The number of carbonyl (C=O) groups excluding carboxylic acids is 1. The molecule has 2 aliphatic rings. The molecule has 1 fully saturated rings. The number of carboxylic acid groups (broad SMARTS) is 1. The van der Waals surface area contributed by atoms with Crippen molar-refractivity contribution in [3.8, 4) is 0 Å². The highest BCUT2D eigenvalue weighted by Gasteiger charge is 2.30. The van der Waals surface area contributed by atoms with Crippen LogP contribution in [0.25, 0.3) is 0 Å². The van der Waals surface area contributed by atoms with Crippen LogP contribution in [0.4, 0.5) is 5.69 Å². The molecule has 1 aromatic carbocycles. The predicted molar refractivity (Wildman–Crippen MR) is 87.4 cm³/mol. The minimum absolute atomic E-state index is 0.0530. The maximum absolute atomic E-state index is 12.6. The number of carboxylic acids is 1. The number of hydrogen-bond acceptors (Lipinski definition) is 4. The largest absolute Gasteiger partial charge is 0.481 e. The number of hydrogen-bond donors (Lipinski definition) is 1. The van der Waals surface area contributed by atoms with Gasteiger partial charge in [-0.15, -0.1) is 0 Å². The van der Waals surface area contributed by atoms with Gasteiger partial charge < -0.3 is 10.0 Å². The van der Waals surface area contributed by atoms with E-state index >= 15 is 0 Å². The van der Waals surface area contributed by atoms with Gasteiger partial charge in [0.2, 0.25) is 15.9 Å². The summed E-state index contributed by atoms with van der Waals surface area (Å²) in [6, 6.07) is 4.84. The number of sulfonamides is 1. The standard InChI is InChI=1S/C16H20N2O5S/c19-15(5-6-16(20)21)18-10-7-12-11-13(3-4-14(12)18)24(22,23)17-8-1-2-9-17/h3-4,11H,1-2,5-10H2,(H,20,21). The molecule has 0 aliphatic carbocycles. The number of rotatable bonds is 5. The molecule has 0 radical (unpaired) electrons. The lowest BCUT2D eigenvalue weighted by molar-refractivity contribution is -0.138. The molecule has 0 bridgehead atoms. The molecule has 1 saturated heterocycles. The lowest BCUT2D eigenvalue weighted by Gasteiger charge is -2.18. The first-order valence-corrected chi connectivity index (χ1v) is 9.49. The molecule has 8 heteroatoms. The van der Waals surface area contributed by atoms with Gasteiger partial charge in [0.1, 0.15) is 0 Å². The van der Waals surface area contributed by atoms with E-state index in [1.54, 1.807) is 17.0 Å². The fraction of sp³-hybridized carbons (Fsp3) is 0.500. The minimum Gasteiger partial charge on any atom is -0.481 e. The van der Waals surface area contributed by atoms with Crippen LogP contribution < -0.4 is 4.90 Å². The van der Waals surface area contributed by atoms with Crippen molar-refractivity contribution < 1.29 is 23.1 Å². The molecule has 1 N–H and O–H groups in total. The summed E-state index contributed by atoms with van der Waals surface area (Å²) in [5, 5.41) is 8.69. The molecular formula is C16H20N2O5S. The molecule has 7 nitrogen and oxygen atoms in total. The van der Waals surface area contributed by atoms with E-state index in [9.17, 15) is 18.0 Å². The number of benzene rings is 1. The van der Waals surface area contributed by atoms with Gasteiger partial charge in [0.05, 0.1) is 11.3 Å². The van der Waals surface area contributed by atoms with E-state index < -0.39 is 16.0 Å². The fourth-order valence-electron chi connectivity index (χ4n) is 3.22. The molecule has 2 heterocycles. The Kier molecular flexibility index (Phi) is 4.60. The normalized spacial score (nSPS) is 17.9. The second kappa shape index (κ2) is 6.52. The van der Waals surface area contributed by atoms with E-state index in [2.05, 4.69) is 0 Å². The number of aliphatic carboxylic acids is 1. The third-order valence-electron chi connectivity index (χ3n) is 4.50. The summed E-state index contributed by atoms with van der Waals surface area (Å²) in [6.45, 7) is 1.57. The topological polar surface area (TPSA) is 95.0 Å². The smallest absolute Gasteiger partial charge is 0.303 e. The summed E-state index contributed by atoms with van der Waals surface area (Å²) in [6.07, 6.45) is 2.10. The number of carbonyl (C=O) groups is 2. The molecule has 130 valence electrons. The third kappa shape index (κ3) is 3.16. The molecule has 2 aliphatic heterocycles. The van der Waals surface area contributed by atoms with Gasteiger partial charge in [-0.05, 0) is 43.0 Å². The maximum Gasteiger partial charge on any atom is 0.303 e. The zero-order chi connectivity index (χ0) is 17.3. The van der Waals surface area contributed by atoms with Crippen molar-refractivity contribution in [1.29, 1.82) is 0 Å². The monoisotopic (exact) mass is 352 g/mol. The molecule has 1 amide bonds.